The van der Waals surface area contributed by atoms with E-state index in [0.717, 1.165) is 4.90 Å². The van der Waals surface area contributed by atoms with Gasteiger partial charge in [-0.1, -0.05) is 15.9 Å². The molecule has 31 heavy (non-hydrogen) atoms. The van der Waals surface area contributed by atoms with Crippen molar-refractivity contribution in [3.05, 3.63) is 57.6 Å². The molecular weight excluding hydrogens is 476 g/mol. The van der Waals surface area contributed by atoms with Crippen LogP contribution in [0, 0.1) is 0 Å². The monoisotopic (exact) mass is 492 g/mol. The molecule has 2 aromatic rings. The second kappa shape index (κ2) is 9.04. The van der Waals surface area contributed by atoms with Gasteiger partial charge in [-0.3, -0.25) is 9.69 Å². The number of carboxylic acid groups (broad SMARTS) is 1. The molecule has 0 saturated carbocycles. The van der Waals surface area contributed by atoms with E-state index in [1.807, 2.05) is 0 Å². The van der Waals surface area contributed by atoms with Gasteiger partial charge in [-0.15, -0.1) is 0 Å². The molecule has 11 heteroatoms. The Morgan fingerprint density at radius 3 is 2.71 bits per heavy atom. The van der Waals surface area contributed by atoms with Gasteiger partial charge in [0, 0.05) is 10.0 Å². The number of amides is 3. The van der Waals surface area contributed by atoms with Gasteiger partial charge < -0.3 is 24.3 Å². The van der Waals surface area contributed by atoms with Crippen LogP contribution in [0.3, 0.4) is 0 Å². The van der Waals surface area contributed by atoms with E-state index >= 15 is 0 Å². The average molecular weight is 493 g/mol. The van der Waals surface area contributed by atoms with E-state index in [9.17, 15) is 19.2 Å². The van der Waals surface area contributed by atoms with Crippen LogP contribution >= 0.6 is 15.9 Å². The van der Waals surface area contributed by atoms with Crippen molar-refractivity contribution in [2.45, 2.75) is 19.6 Å². The summed E-state index contributed by atoms with van der Waals surface area (Å²) in [5.41, 5.74) is 0.356. The number of imide groups is 1. The highest BCUT2D eigenvalue weighted by Gasteiger charge is 2.34. The number of benzene rings is 1. The van der Waals surface area contributed by atoms with Gasteiger partial charge in [-0.2, -0.15) is 0 Å². The Labute approximate surface area is 184 Å². The van der Waals surface area contributed by atoms with Gasteiger partial charge in [0.25, 0.3) is 5.91 Å². The minimum atomic E-state index is -1.15. The maximum Gasteiger partial charge on any atom is 0.373 e. The second-order valence-corrected chi connectivity index (χ2v) is 7.33. The summed E-state index contributed by atoms with van der Waals surface area (Å²) in [6.07, 6.45) is 0.267. The van der Waals surface area contributed by atoms with Crippen molar-refractivity contribution in [1.29, 1.82) is 0 Å². The maximum atomic E-state index is 12.7. The molecule has 0 unspecified atom stereocenters. The number of nitrogens with one attached hydrogen (secondary N) is 1. The molecule has 1 aliphatic rings. The van der Waals surface area contributed by atoms with Crippen LogP contribution in [-0.2, 0) is 20.9 Å². The molecule has 0 radical (unpaired) electrons. The fraction of sp³-hybridized carbons (Fsp3) is 0.200. The van der Waals surface area contributed by atoms with Crippen LogP contribution in [0.4, 0.5) is 4.79 Å². The first-order valence-electron chi connectivity index (χ1n) is 8.90. The van der Waals surface area contributed by atoms with Gasteiger partial charge in [0.05, 0.1) is 13.7 Å². The molecule has 1 atom stereocenters. The summed E-state index contributed by atoms with van der Waals surface area (Å²) < 4.78 is 15.9. The fourth-order valence-electron chi connectivity index (χ4n) is 2.68. The molecule has 1 fully saturated rings. The Balaban J connectivity index is 1.83. The summed E-state index contributed by atoms with van der Waals surface area (Å²) in [6, 6.07) is 6.99. The van der Waals surface area contributed by atoms with Crippen molar-refractivity contribution in [3.8, 4) is 5.75 Å². The smallest absolute Gasteiger partial charge is 0.373 e. The fourth-order valence-corrected chi connectivity index (χ4v) is 3.06. The summed E-state index contributed by atoms with van der Waals surface area (Å²) in [5.74, 6) is -2.07. The Hall–Kier alpha value is -3.60. The number of hydrogen-bond donors (Lipinski definition) is 2. The lowest BCUT2D eigenvalue weighted by Gasteiger charge is -2.13. The van der Waals surface area contributed by atoms with Gasteiger partial charge >= 0.3 is 18.0 Å². The molecule has 10 nitrogen and oxygen atoms in total. The number of aliphatic carboxylic acids is 1. The molecule has 0 aliphatic carbocycles. The number of methoxy groups -OCH3 is 1. The lowest BCUT2D eigenvalue weighted by Crippen LogP contribution is -2.30. The summed E-state index contributed by atoms with van der Waals surface area (Å²) >= 11 is 3.31. The van der Waals surface area contributed by atoms with Gasteiger partial charge in [0.2, 0.25) is 5.76 Å². The van der Waals surface area contributed by atoms with Crippen molar-refractivity contribution >= 4 is 45.9 Å². The molecule has 1 aliphatic heterocycles. The van der Waals surface area contributed by atoms with Crippen LogP contribution in [0.1, 0.15) is 28.8 Å². The largest absolute Gasteiger partial charge is 0.479 e. The zero-order chi connectivity index (χ0) is 22.7. The van der Waals surface area contributed by atoms with Crippen molar-refractivity contribution in [2.24, 2.45) is 0 Å². The van der Waals surface area contributed by atoms with Crippen LogP contribution in [0.2, 0.25) is 0 Å². The van der Waals surface area contributed by atoms with E-state index in [2.05, 4.69) is 26.0 Å². The lowest BCUT2D eigenvalue weighted by molar-refractivity contribution is -0.144. The first-order chi connectivity index (χ1) is 14.7. The molecule has 1 saturated heterocycles. The number of nitrogens with zero attached hydrogens (tertiary/aromatic N) is 1. The van der Waals surface area contributed by atoms with Crippen LogP contribution in [0.5, 0.6) is 5.75 Å². The number of carbonyl (C=O) groups is 4. The number of hydrogen-bond acceptors (Lipinski definition) is 7. The number of esters is 1. The predicted octanol–water partition coefficient (Wildman–Crippen LogP) is 2.77. The summed E-state index contributed by atoms with van der Waals surface area (Å²) in [6.45, 7) is 1.17. The predicted molar refractivity (Wildman–Crippen MR) is 109 cm³/mol. The Morgan fingerprint density at radius 1 is 1.29 bits per heavy atom. The van der Waals surface area contributed by atoms with Gasteiger partial charge in [-0.05, 0) is 43.3 Å². The average Bonchev–Trinajstić information content (AvgIpc) is 3.30. The number of ether oxygens (including phenoxy) is 2. The number of halogens is 1. The summed E-state index contributed by atoms with van der Waals surface area (Å²) in [7, 11) is 1.20. The van der Waals surface area contributed by atoms with Crippen molar-refractivity contribution in [2.75, 3.05) is 7.11 Å². The number of rotatable bonds is 7. The van der Waals surface area contributed by atoms with Crippen LogP contribution in [0.25, 0.3) is 6.08 Å². The van der Waals surface area contributed by atoms with E-state index in [1.165, 1.54) is 32.2 Å². The van der Waals surface area contributed by atoms with E-state index in [1.54, 1.807) is 18.2 Å². The Bertz CT molecular complexity index is 1090. The van der Waals surface area contributed by atoms with E-state index in [4.69, 9.17) is 14.3 Å². The summed E-state index contributed by atoms with van der Waals surface area (Å²) in [4.78, 5) is 48.5. The first kappa shape index (κ1) is 22.1. The highest BCUT2D eigenvalue weighted by atomic mass is 79.9. The molecule has 0 spiro atoms. The molecule has 2 heterocycles. The molecule has 2 N–H and O–H groups in total. The third-order valence-electron chi connectivity index (χ3n) is 4.25. The van der Waals surface area contributed by atoms with Gasteiger partial charge in [0.15, 0.2) is 6.10 Å². The Kier molecular flexibility index (Phi) is 6.44. The van der Waals surface area contributed by atoms with Gasteiger partial charge in [-0.25, -0.2) is 14.4 Å². The van der Waals surface area contributed by atoms with E-state index < -0.39 is 30.0 Å². The standard InChI is InChI=1S/C20H17BrN2O8/c1-10(18(25)26)30-15-5-3-12(21)7-11(15)8-14-17(24)23(20(28)22-14)9-13-4-6-16(31-13)19(27)29-2/h3-8,10H,9H2,1-2H3,(H,22,28)(H,25,26)/b14-8-/t10-/m1/s1. The van der Waals surface area contributed by atoms with Crippen molar-refractivity contribution in [3.63, 3.8) is 0 Å². The second-order valence-electron chi connectivity index (χ2n) is 6.42. The zero-order valence-corrected chi connectivity index (χ0v) is 18.0. The number of urea groups is 1. The van der Waals surface area contributed by atoms with Gasteiger partial charge in [0.1, 0.15) is 17.2 Å². The van der Waals surface area contributed by atoms with Crippen LogP contribution in [-0.4, -0.2) is 47.1 Å². The van der Waals surface area contributed by atoms with Crippen molar-refractivity contribution in [1.82, 2.24) is 10.2 Å². The minimum Gasteiger partial charge on any atom is -0.479 e. The first-order valence-corrected chi connectivity index (χ1v) is 9.69. The SMILES string of the molecule is COC(=O)c1ccc(CN2C(=O)N/C(=C\c3cc(Br)ccc3O[C@H](C)C(=O)O)C2=O)o1. The molecule has 1 aromatic heterocycles. The highest BCUT2D eigenvalue weighted by Crippen LogP contribution is 2.28. The zero-order valence-electron chi connectivity index (χ0n) is 16.4. The quantitative estimate of drug-likeness (QED) is 0.342. The molecule has 3 rings (SSSR count). The molecular formula is C20H17BrN2O8. The molecule has 162 valence electrons. The van der Waals surface area contributed by atoms with E-state index in [0.29, 0.717) is 10.0 Å². The number of furan rings is 1. The highest BCUT2D eigenvalue weighted by molar-refractivity contribution is 9.10. The van der Waals surface area contributed by atoms with Crippen LogP contribution in [0.15, 0.2) is 44.9 Å². The molecule has 0 bridgehead atoms. The van der Waals surface area contributed by atoms with Crippen LogP contribution < -0.4 is 10.1 Å². The minimum absolute atomic E-state index is 0.0318. The number of carbonyl (C=O) groups excluding carboxylic acids is 3. The molecule has 3 amide bonds. The molecule has 1 aromatic carbocycles. The van der Waals surface area contributed by atoms with Crippen molar-refractivity contribution < 1.29 is 38.2 Å². The third kappa shape index (κ3) is 4.94. The third-order valence-corrected chi connectivity index (χ3v) is 4.74. The maximum absolute atomic E-state index is 12.7. The summed E-state index contributed by atoms with van der Waals surface area (Å²) in [5, 5.41) is 11.5. The number of carboxylic acids is 1. The lowest BCUT2D eigenvalue weighted by atomic mass is 10.1. The van der Waals surface area contributed by atoms with E-state index in [-0.39, 0.29) is 29.5 Å². The Morgan fingerprint density at radius 2 is 2.03 bits per heavy atom. The normalized spacial score (nSPS) is 15.7. The topological polar surface area (TPSA) is 135 Å².